The van der Waals surface area contributed by atoms with E-state index in [4.69, 9.17) is 14.2 Å². The van der Waals surface area contributed by atoms with E-state index in [1.165, 1.54) is 31.2 Å². The van der Waals surface area contributed by atoms with Crippen molar-refractivity contribution >= 4 is 29.4 Å². The second-order valence-corrected chi connectivity index (χ2v) is 8.84. The molecule has 0 unspecified atom stereocenters. The molecule has 1 aromatic heterocycles. The van der Waals surface area contributed by atoms with Gasteiger partial charge in [0.1, 0.15) is 23.8 Å². The van der Waals surface area contributed by atoms with Gasteiger partial charge in [-0.25, -0.2) is 14.4 Å². The summed E-state index contributed by atoms with van der Waals surface area (Å²) in [6, 6.07) is 8.18. The molecule has 1 aliphatic heterocycles. The Hall–Kier alpha value is -3.11. The van der Waals surface area contributed by atoms with Gasteiger partial charge >= 0.3 is 0 Å². The summed E-state index contributed by atoms with van der Waals surface area (Å²) in [7, 11) is 3.13. The fourth-order valence-electron chi connectivity index (χ4n) is 3.25. The Bertz CT molecular complexity index is 1080. The number of ether oxygens (including phenoxy) is 3. The third-order valence-electron chi connectivity index (χ3n) is 5.28. The van der Waals surface area contributed by atoms with Crippen LogP contribution in [-0.4, -0.2) is 57.3 Å². The third kappa shape index (κ3) is 7.19. The van der Waals surface area contributed by atoms with Gasteiger partial charge in [0, 0.05) is 31.4 Å². The Kier molecular flexibility index (Phi) is 9.92. The first-order valence-electron chi connectivity index (χ1n) is 11.4. The lowest BCUT2D eigenvalue weighted by Crippen LogP contribution is -2.28. The van der Waals surface area contributed by atoms with Crippen molar-refractivity contribution < 1.29 is 23.4 Å². The van der Waals surface area contributed by atoms with E-state index >= 15 is 0 Å². The number of hydrogen-bond acceptors (Lipinski definition) is 8. The summed E-state index contributed by atoms with van der Waals surface area (Å²) in [5.74, 6) is 0.210. The fourth-order valence-corrected chi connectivity index (χ4v) is 4.16. The highest BCUT2D eigenvalue weighted by Gasteiger charge is 2.23. The predicted molar refractivity (Wildman–Crippen MR) is 135 cm³/mol. The molecular formula is C25H31FN4O4S. The SMILES string of the molecule is CCC(C)=C(N=C(OC)c1cnc2c(c1)N(Sc1ccc(F)cc1)CCO2)C(=O)NCCCOC. The number of methoxy groups -OCH3 is 2. The van der Waals surface area contributed by atoms with E-state index in [2.05, 4.69) is 15.3 Å². The van der Waals surface area contributed by atoms with Gasteiger partial charge in [-0.05, 0) is 67.6 Å². The predicted octanol–water partition coefficient (Wildman–Crippen LogP) is 4.36. The van der Waals surface area contributed by atoms with Gasteiger partial charge in [-0.1, -0.05) is 6.92 Å². The minimum atomic E-state index is -0.282. The van der Waals surface area contributed by atoms with E-state index in [-0.39, 0.29) is 17.6 Å². The molecule has 1 aromatic carbocycles. The first kappa shape index (κ1) is 26.5. The highest BCUT2D eigenvalue weighted by atomic mass is 32.2. The molecule has 3 rings (SSSR count). The molecule has 2 heterocycles. The lowest BCUT2D eigenvalue weighted by molar-refractivity contribution is -0.117. The molecule has 0 atom stereocenters. The number of carbonyl (C=O) groups is 1. The zero-order valence-electron chi connectivity index (χ0n) is 20.5. The number of anilines is 1. The molecule has 188 valence electrons. The maximum Gasteiger partial charge on any atom is 0.269 e. The minimum Gasteiger partial charge on any atom is -0.481 e. The van der Waals surface area contributed by atoms with Crippen LogP contribution in [0, 0.1) is 5.82 Å². The van der Waals surface area contributed by atoms with Crippen LogP contribution in [0.2, 0.25) is 0 Å². The van der Waals surface area contributed by atoms with Crippen LogP contribution in [0.4, 0.5) is 10.1 Å². The smallest absolute Gasteiger partial charge is 0.269 e. The van der Waals surface area contributed by atoms with Gasteiger partial charge in [0.2, 0.25) is 11.8 Å². The molecule has 1 aliphatic rings. The maximum atomic E-state index is 13.3. The lowest BCUT2D eigenvalue weighted by atomic mass is 10.1. The van der Waals surface area contributed by atoms with Crippen LogP contribution in [0.15, 0.2) is 57.7 Å². The second kappa shape index (κ2) is 13.1. The van der Waals surface area contributed by atoms with Gasteiger partial charge < -0.3 is 23.8 Å². The average Bonchev–Trinajstić information content (AvgIpc) is 2.88. The Labute approximate surface area is 209 Å². The lowest BCUT2D eigenvalue weighted by Gasteiger charge is -2.29. The highest BCUT2D eigenvalue weighted by Crippen LogP contribution is 2.37. The standard InChI is InChI=1S/C25H31FN4O4S/c1-5-17(2)22(23(31)27-11-6-13-32-3)29-24(33-4)18-15-21-25(28-16-18)34-14-12-30(21)35-20-9-7-19(26)8-10-20/h7-10,15-16H,5-6,11-14H2,1-4H3,(H,27,31). The summed E-state index contributed by atoms with van der Waals surface area (Å²) in [6.07, 6.45) is 2.99. The number of halogens is 1. The van der Waals surface area contributed by atoms with Crippen molar-refractivity contribution in [1.29, 1.82) is 0 Å². The molecule has 0 aliphatic carbocycles. The molecule has 0 radical (unpaired) electrons. The quantitative estimate of drug-likeness (QED) is 0.170. The van der Waals surface area contributed by atoms with Gasteiger partial charge in [-0.15, -0.1) is 0 Å². The zero-order chi connectivity index (χ0) is 25.2. The number of nitrogens with one attached hydrogen (secondary N) is 1. The number of amides is 1. The van der Waals surface area contributed by atoms with Crippen molar-refractivity contribution in [1.82, 2.24) is 10.3 Å². The van der Waals surface area contributed by atoms with Crippen LogP contribution in [0.3, 0.4) is 0 Å². The molecule has 0 spiro atoms. The van der Waals surface area contributed by atoms with Crippen LogP contribution < -0.4 is 14.4 Å². The molecule has 10 heteroatoms. The highest BCUT2D eigenvalue weighted by molar-refractivity contribution is 8.00. The van der Waals surface area contributed by atoms with Crippen LogP contribution >= 0.6 is 11.9 Å². The number of benzene rings is 1. The number of fused-ring (bicyclic) bond motifs is 1. The van der Waals surface area contributed by atoms with Gasteiger partial charge in [-0.2, -0.15) is 0 Å². The Morgan fingerprint density at radius 3 is 2.77 bits per heavy atom. The second-order valence-electron chi connectivity index (χ2n) is 7.75. The van der Waals surface area contributed by atoms with Gasteiger partial charge in [0.05, 0.1) is 19.2 Å². The molecule has 1 amide bonds. The van der Waals surface area contributed by atoms with E-state index in [0.29, 0.717) is 56.3 Å². The topological polar surface area (TPSA) is 85.3 Å². The van der Waals surface area contributed by atoms with E-state index in [1.54, 1.807) is 25.4 Å². The Morgan fingerprint density at radius 2 is 2.09 bits per heavy atom. The molecule has 35 heavy (non-hydrogen) atoms. The van der Waals surface area contributed by atoms with E-state index in [0.717, 1.165) is 16.2 Å². The molecular weight excluding hydrogens is 471 g/mol. The molecule has 0 bridgehead atoms. The van der Waals surface area contributed by atoms with Gasteiger partial charge in [0.25, 0.3) is 5.91 Å². The minimum absolute atomic E-state index is 0.266. The average molecular weight is 503 g/mol. The van der Waals surface area contributed by atoms with Crippen LogP contribution in [0.5, 0.6) is 5.88 Å². The summed E-state index contributed by atoms with van der Waals surface area (Å²) >= 11 is 1.47. The molecule has 2 aromatic rings. The molecule has 0 saturated carbocycles. The number of carbonyl (C=O) groups excluding carboxylic acids is 1. The first-order chi connectivity index (χ1) is 17.0. The van der Waals surface area contributed by atoms with Crippen LogP contribution in [0.1, 0.15) is 32.3 Å². The van der Waals surface area contributed by atoms with Crippen LogP contribution in [-0.2, 0) is 14.3 Å². The van der Waals surface area contributed by atoms with Crippen molar-refractivity contribution in [2.24, 2.45) is 4.99 Å². The largest absolute Gasteiger partial charge is 0.481 e. The number of aliphatic imine (C=N–C) groups is 1. The Morgan fingerprint density at radius 1 is 1.31 bits per heavy atom. The van der Waals surface area contributed by atoms with E-state index < -0.39 is 0 Å². The summed E-state index contributed by atoms with van der Waals surface area (Å²) in [5.41, 5.74) is 2.50. The van der Waals surface area contributed by atoms with Crippen LogP contribution in [0.25, 0.3) is 0 Å². The summed E-state index contributed by atoms with van der Waals surface area (Å²) < 4.78 is 31.7. The monoisotopic (exact) mass is 502 g/mol. The molecule has 0 saturated heterocycles. The fraction of sp³-hybridized carbons (Fsp3) is 0.400. The molecule has 0 fully saturated rings. The normalized spacial score (nSPS) is 14.1. The third-order valence-corrected chi connectivity index (χ3v) is 6.36. The number of hydrogen-bond donors (Lipinski definition) is 1. The van der Waals surface area contributed by atoms with Gasteiger partial charge in [-0.3, -0.25) is 4.79 Å². The summed E-state index contributed by atoms with van der Waals surface area (Å²) in [6.45, 7) is 5.99. The van der Waals surface area contributed by atoms with Crippen molar-refractivity contribution in [2.45, 2.75) is 31.6 Å². The number of rotatable bonds is 10. The Balaban J connectivity index is 1.88. The summed E-state index contributed by atoms with van der Waals surface area (Å²) in [4.78, 5) is 22.8. The zero-order valence-corrected chi connectivity index (χ0v) is 21.3. The van der Waals surface area contributed by atoms with Gasteiger partial charge in [0.15, 0.2) is 0 Å². The van der Waals surface area contributed by atoms with Crippen molar-refractivity contribution in [3.63, 3.8) is 0 Å². The maximum absolute atomic E-state index is 13.3. The van der Waals surface area contributed by atoms with E-state index in [1.807, 2.05) is 24.2 Å². The van der Waals surface area contributed by atoms with Crippen molar-refractivity contribution in [3.8, 4) is 5.88 Å². The van der Waals surface area contributed by atoms with Crippen molar-refractivity contribution in [2.75, 3.05) is 44.8 Å². The molecule has 1 N–H and O–H groups in total. The van der Waals surface area contributed by atoms with E-state index in [9.17, 15) is 9.18 Å². The number of pyridine rings is 1. The number of aromatic nitrogens is 1. The molecule has 8 nitrogen and oxygen atoms in total. The first-order valence-corrected chi connectivity index (χ1v) is 12.2. The van der Waals surface area contributed by atoms with Crippen molar-refractivity contribution in [3.05, 3.63) is 59.2 Å². The number of nitrogens with zero attached hydrogens (tertiary/aromatic N) is 3. The summed E-state index contributed by atoms with van der Waals surface area (Å²) in [5, 5.41) is 2.89. The number of allylic oxidation sites excluding steroid dienone is 1.